The van der Waals surface area contributed by atoms with E-state index in [0.717, 1.165) is 12.8 Å². The van der Waals surface area contributed by atoms with Gasteiger partial charge in [0.1, 0.15) is 5.75 Å². The molecule has 6 heteroatoms. The molecular weight excluding hydrogens is 294 g/mol. The molecule has 2 rings (SSSR count). The molecule has 1 fully saturated rings. The van der Waals surface area contributed by atoms with Crippen LogP contribution in [0.1, 0.15) is 19.3 Å². The van der Waals surface area contributed by atoms with Crippen LogP contribution in [0.2, 0.25) is 5.02 Å². The van der Waals surface area contributed by atoms with E-state index < -0.39 is 5.97 Å². The lowest BCUT2D eigenvalue weighted by molar-refractivity contribution is -0.141. The van der Waals surface area contributed by atoms with Crippen molar-refractivity contribution in [3.8, 4) is 5.75 Å². The fourth-order valence-corrected chi connectivity index (χ4v) is 2.60. The van der Waals surface area contributed by atoms with E-state index in [4.69, 9.17) is 21.4 Å². The second-order valence-corrected chi connectivity index (χ2v) is 5.62. The minimum atomic E-state index is -0.813. The van der Waals surface area contributed by atoms with E-state index in [0.29, 0.717) is 23.9 Å². The largest absolute Gasteiger partial charge is 0.484 e. The minimum absolute atomic E-state index is 0.0377. The van der Waals surface area contributed by atoms with E-state index in [1.165, 1.54) is 0 Å². The first-order valence-corrected chi connectivity index (χ1v) is 7.30. The molecule has 0 spiro atoms. The van der Waals surface area contributed by atoms with Crippen LogP contribution in [-0.4, -0.2) is 41.6 Å². The number of carbonyl (C=O) groups is 2. The van der Waals surface area contributed by atoms with Crippen molar-refractivity contribution < 1.29 is 19.4 Å². The summed E-state index contributed by atoms with van der Waals surface area (Å²) >= 11 is 5.77. The second-order valence-electron chi connectivity index (χ2n) is 5.19. The van der Waals surface area contributed by atoms with Crippen molar-refractivity contribution >= 4 is 23.5 Å². The van der Waals surface area contributed by atoms with Crippen LogP contribution >= 0.6 is 11.6 Å². The van der Waals surface area contributed by atoms with Gasteiger partial charge in [-0.25, -0.2) is 0 Å². The molecule has 1 atom stereocenters. The molecule has 1 heterocycles. The first kappa shape index (κ1) is 15.6. The smallest absolute Gasteiger partial charge is 0.303 e. The number of carbonyl (C=O) groups excluding carboxylic acids is 1. The normalized spacial score (nSPS) is 18.3. The molecule has 0 radical (unpaired) electrons. The monoisotopic (exact) mass is 311 g/mol. The molecular formula is C15H18ClNO4. The van der Waals surface area contributed by atoms with Crippen LogP contribution in [0.4, 0.5) is 0 Å². The number of piperidine rings is 1. The molecule has 0 aromatic heterocycles. The number of amides is 1. The summed E-state index contributed by atoms with van der Waals surface area (Å²) in [6.07, 6.45) is 1.81. The van der Waals surface area contributed by atoms with Gasteiger partial charge in [0.2, 0.25) is 0 Å². The van der Waals surface area contributed by atoms with Crippen molar-refractivity contribution in [2.45, 2.75) is 19.3 Å². The average molecular weight is 312 g/mol. The van der Waals surface area contributed by atoms with Gasteiger partial charge < -0.3 is 14.7 Å². The van der Waals surface area contributed by atoms with Gasteiger partial charge in [0.05, 0.1) is 0 Å². The van der Waals surface area contributed by atoms with Crippen LogP contribution < -0.4 is 4.74 Å². The number of nitrogens with zero attached hydrogens (tertiary/aromatic N) is 1. The summed E-state index contributed by atoms with van der Waals surface area (Å²) in [5.74, 6) is -0.297. The molecule has 1 aliphatic rings. The van der Waals surface area contributed by atoms with Gasteiger partial charge in [-0.3, -0.25) is 9.59 Å². The van der Waals surface area contributed by atoms with E-state index in [2.05, 4.69) is 0 Å². The zero-order chi connectivity index (χ0) is 15.2. The summed E-state index contributed by atoms with van der Waals surface area (Å²) in [7, 11) is 0. The van der Waals surface area contributed by atoms with E-state index >= 15 is 0 Å². The predicted octanol–water partition coefficient (Wildman–Crippen LogP) is 2.43. The molecule has 0 aliphatic carbocycles. The average Bonchev–Trinajstić information content (AvgIpc) is 2.46. The van der Waals surface area contributed by atoms with Crippen LogP contribution in [0.5, 0.6) is 5.75 Å². The van der Waals surface area contributed by atoms with Crippen molar-refractivity contribution in [2.75, 3.05) is 19.7 Å². The van der Waals surface area contributed by atoms with E-state index in [-0.39, 0.29) is 24.9 Å². The summed E-state index contributed by atoms with van der Waals surface area (Å²) in [6, 6.07) is 6.81. The number of carboxylic acid groups (broad SMARTS) is 1. The molecule has 1 aromatic carbocycles. The lowest BCUT2D eigenvalue weighted by Gasteiger charge is -2.32. The molecule has 0 saturated carbocycles. The molecule has 1 aliphatic heterocycles. The SMILES string of the molecule is O=C(O)CC1CCCN(C(=O)COc2ccc(Cl)cc2)C1. The maximum absolute atomic E-state index is 12.1. The van der Waals surface area contributed by atoms with E-state index in [9.17, 15) is 9.59 Å². The number of hydrogen-bond donors (Lipinski definition) is 1. The minimum Gasteiger partial charge on any atom is -0.484 e. The molecule has 1 saturated heterocycles. The number of aliphatic carboxylic acids is 1. The number of rotatable bonds is 5. The third-order valence-corrected chi connectivity index (χ3v) is 3.76. The molecule has 1 N–H and O–H groups in total. The van der Waals surface area contributed by atoms with Gasteiger partial charge >= 0.3 is 5.97 Å². The summed E-state index contributed by atoms with van der Waals surface area (Å²) in [5, 5.41) is 9.44. The van der Waals surface area contributed by atoms with E-state index in [1.807, 2.05) is 0 Å². The Morgan fingerprint density at radius 1 is 1.33 bits per heavy atom. The third-order valence-electron chi connectivity index (χ3n) is 3.51. The first-order valence-electron chi connectivity index (χ1n) is 6.92. The zero-order valence-electron chi connectivity index (χ0n) is 11.6. The maximum Gasteiger partial charge on any atom is 0.303 e. The van der Waals surface area contributed by atoms with Crippen LogP contribution in [0, 0.1) is 5.92 Å². The van der Waals surface area contributed by atoms with Gasteiger partial charge in [0.15, 0.2) is 6.61 Å². The Bertz CT molecular complexity index is 503. The van der Waals surface area contributed by atoms with Crippen LogP contribution in [0.25, 0.3) is 0 Å². The Morgan fingerprint density at radius 2 is 2.05 bits per heavy atom. The Labute approximate surface area is 128 Å². The summed E-state index contributed by atoms with van der Waals surface area (Å²) in [4.78, 5) is 24.5. The third kappa shape index (κ3) is 4.93. The topological polar surface area (TPSA) is 66.8 Å². The number of carboxylic acids is 1. The molecule has 1 amide bonds. The highest BCUT2D eigenvalue weighted by Crippen LogP contribution is 2.20. The summed E-state index contributed by atoms with van der Waals surface area (Å²) in [6.45, 7) is 1.12. The van der Waals surface area contributed by atoms with Crippen molar-refractivity contribution in [2.24, 2.45) is 5.92 Å². The molecule has 1 aromatic rings. The van der Waals surface area contributed by atoms with Gasteiger partial charge in [-0.15, -0.1) is 0 Å². The first-order chi connectivity index (χ1) is 10.0. The summed E-state index contributed by atoms with van der Waals surface area (Å²) in [5.41, 5.74) is 0. The Hall–Kier alpha value is -1.75. The van der Waals surface area contributed by atoms with Gasteiger partial charge in [-0.05, 0) is 43.0 Å². The predicted molar refractivity (Wildman–Crippen MR) is 78.5 cm³/mol. The highest BCUT2D eigenvalue weighted by molar-refractivity contribution is 6.30. The standard InChI is InChI=1S/C15H18ClNO4/c16-12-3-5-13(6-4-12)21-10-14(18)17-7-1-2-11(9-17)8-15(19)20/h3-6,11H,1-2,7-10H2,(H,19,20). The number of hydrogen-bond acceptors (Lipinski definition) is 3. The van der Waals surface area contributed by atoms with E-state index in [1.54, 1.807) is 29.2 Å². The van der Waals surface area contributed by atoms with Crippen LogP contribution in [0.3, 0.4) is 0 Å². The number of halogens is 1. The molecule has 114 valence electrons. The highest BCUT2D eigenvalue weighted by atomic mass is 35.5. The Morgan fingerprint density at radius 3 is 2.71 bits per heavy atom. The fourth-order valence-electron chi connectivity index (χ4n) is 2.47. The molecule has 21 heavy (non-hydrogen) atoms. The van der Waals surface area contributed by atoms with Crippen LogP contribution in [0.15, 0.2) is 24.3 Å². The van der Waals surface area contributed by atoms with Crippen molar-refractivity contribution in [3.63, 3.8) is 0 Å². The highest BCUT2D eigenvalue weighted by Gasteiger charge is 2.25. The quantitative estimate of drug-likeness (QED) is 0.907. The van der Waals surface area contributed by atoms with Crippen molar-refractivity contribution in [1.29, 1.82) is 0 Å². The Kier molecular flexibility index (Phi) is 5.44. The van der Waals surface area contributed by atoms with Gasteiger partial charge in [0, 0.05) is 24.5 Å². The summed E-state index contributed by atoms with van der Waals surface area (Å²) < 4.78 is 5.43. The maximum atomic E-state index is 12.1. The number of benzene rings is 1. The molecule has 5 nitrogen and oxygen atoms in total. The van der Waals surface area contributed by atoms with Crippen molar-refractivity contribution in [1.82, 2.24) is 4.90 Å². The Balaban J connectivity index is 1.82. The van der Waals surface area contributed by atoms with Crippen LogP contribution in [-0.2, 0) is 9.59 Å². The lowest BCUT2D eigenvalue weighted by Crippen LogP contribution is -2.42. The van der Waals surface area contributed by atoms with Gasteiger partial charge in [-0.2, -0.15) is 0 Å². The van der Waals surface area contributed by atoms with Gasteiger partial charge in [0.25, 0.3) is 5.91 Å². The number of likely N-dealkylation sites (tertiary alicyclic amines) is 1. The van der Waals surface area contributed by atoms with Gasteiger partial charge in [-0.1, -0.05) is 11.6 Å². The second kappa shape index (κ2) is 7.31. The fraction of sp³-hybridized carbons (Fsp3) is 0.467. The van der Waals surface area contributed by atoms with Crippen molar-refractivity contribution in [3.05, 3.63) is 29.3 Å². The molecule has 1 unspecified atom stereocenters. The lowest BCUT2D eigenvalue weighted by atomic mass is 9.95. The molecule has 0 bridgehead atoms. The zero-order valence-corrected chi connectivity index (χ0v) is 12.4. The number of ether oxygens (including phenoxy) is 1.